The van der Waals surface area contributed by atoms with Crippen molar-refractivity contribution >= 4 is 0 Å². The van der Waals surface area contributed by atoms with Crippen LogP contribution in [-0.4, -0.2) is 25.4 Å². The number of aryl methyl sites for hydroxylation is 1. The number of aliphatic hydroxyl groups excluding tert-OH is 1. The summed E-state index contributed by atoms with van der Waals surface area (Å²) in [5, 5.41) is 9.82. The predicted octanol–water partition coefficient (Wildman–Crippen LogP) is 2.41. The Morgan fingerprint density at radius 3 is 2.53 bits per heavy atom. The van der Waals surface area contributed by atoms with E-state index in [0.717, 1.165) is 24.3 Å². The van der Waals surface area contributed by atoms with Crippen molar-refractivity contribution in [3.05, 3.63) is 23.8 Å². The molecule has 1 N–H and O–H groups in total. The van der Waals surface area contributed by atoms with Crippen molar-refractivity contribution in [3.8, 4) is 11.5 Å². The van der Waals surface area contributed by atoms with E-state index < -0.39 is 0 Å². The van der Waals surface area contributed by atoms with Gasteiger partial charge in [-0.3, -0.25) is 0 Å². The Morgan fingerprint density at radius 2 is 1.94 bits per heavy atom. The Bertz CT molecular complexity index is 372. The zero-order valence-corrected chi connectivity index (χ0v) is 10.5. The predicted molar refractivity (Wildman–Crippen MR) is 66.6 cm³/mol. The maximum Gasteiger partial charge on any atom is 0.160 e. The molecule has 0 spiro atoms. The molecule has 0 aliphatic heterocycles. The number of hydrogen-bond donors (Lipinski definition) is 1. The zero-order chi connectivity index (χ0) is 12.3. The molecule has 0 bridgehead atoms. The van der Waals surface area contributed by atoms with Crippen LogP contribution >= 0.6 is 0 Å². The van der Waals surface area contributed by atoms with Crippen LogP contribution < -0.4 is 9.47 Å². The minimum absolute atomic E-state index is 0.136. The normalized spacial score (nSPS) is 16.6. The van der Waals surface area contributed by atoms with Crippen molar-refractivity contribution in [2.75, 3.05) is 14.2 Å². The largest absolute Gasteiger partial charge is 0.493 e. The summed E-state index contributed by atoms with van der Waals surface area (Å²) in [6, 6.07) is 5.93. The van der Waals surface area contributed by atoms with Gasteiger partial charge in [-0.15, -0.1) is 0 Å². The third-order valence-corrected chi connectivity index (χ3v) is 3.34. The average molecular weight is 236 g/mol. The van der Waals surface area contributed by atoms with Gasteiger partial charge in [0.05, 0.1) is 20.3 Å². The van der Waals surface area contributed by atoms with E-state index >= 15 is 0 Å². The van der Waals surface area contributed by atoms with E-state index in [9.17, 15) is 5.11 Å². The van der Waals surface area contributed by atoms with Crippen molar-refractivity contribution in [1.29, 1.82) is 0 Å². The summed E-state index contributed by atoms with van der Waals surface area (Å²) in [7, 11) is 3.27. The average Bonchev–Trinajstić information content (AvgIpc) is 3.19. The molecule has 1 aliphatic carbocycles. The second kappa shape index (κ2) is 5.41. The van der Waals surface area contributed by atoms with Crippen LogP contribution in [0, 0.1) is 5.92 Å². The Labute approximate surface area is 102 Å². The third kappa shape index (κ3) is 3.13. The smallest absolute Gasteiger partial charge is 0.160 e. The fourth-order valence-corrected chi connectivity index (χ4v) is 2.07. The van der Waals surface area contributed by atoms with Crippen LogP contribution in [0.25, 0.3) is 0 Å². The first-order valence-electron chi connectivity index (χ1n) is 6.13. The van der Waals surface area contributed by atoms with Crippen LogP contribution in [-0.2, 0) is 6.42 Å². The molecule has 3 nitrogen and oxygen atoms in total. The highest BCUT2D eigenvalue weighted by molar-refractivity contribution is 5.42. The highest BCUT2D eigenvalue weighted by atomic mass is 16.5. The van der Waals surface area contributed by atoms with Crippen LogP contribution in [0.1, 0.15) is 24.8 Å². The Morgan fingerprint density at radius 1 is 1.24 bits per heavy atom. The Hall–Kier alpha value is -1.22. The molecule has 0 saturated heterocycles. The monoisotopic (exact) mass is 236 g/mol. The van der Waals surface area contributed by atoms with Gasteiger partial charge in [-0.2, -0.15) is 0 Å². The highest BCUT2D eigenvalue weighted by Gasteiger charge is 2.29. The first-order chi connectivity index (χ1) is 8.24. The van der Waals surface area contributed by atoms with Crippen molar-refractivity contribution in [2.45, 2.75) is 31.8 Å². The number of rotatable bonds is 6. The second-order valence-corrected chi connectivity index (χ2v) is 4.63. The van der Waals surface area contributed by atoms with Crippen LogP contribution in [0.5, 0.6) is 11.5 Å². The molecule has 94 valence electrons. The summed E-state index contributed by atoms with van der Waals surface area (Å²) in [5.41, 5.74) is 1.18. The van der Waals surface area contributed by atoms with Crippen LogP contribution in [0.2, 0.25) is 0 Å². The molecular formula is C14H20O3. The molecule has 17 heavy (non-hydrogen) atoms. The van der Waals surface area contributed by atoms with Gasteiger partial charge >= 0.3 is 0 Å². The lowest BCUT2D eigenvalue weighted by Crippen LogP contribution is -2.10. The lowest BCUT2D eigenvalue weighted by Gasteiger charge is -2.11. The fraction of sp³-hybridized carbons (Fsp3) is 0.571. The number of benzene rings is 1. The zero-order valence-electron chi connectivity index (χ0n) is 10.5. The van der Waals surface area contributed by atoms with E-state index in [1.807, 2.05) is 18.2 Å². The van der Waals surface area contributed by atoms with E-state index in [4.69, 9.17) is 9.47 Å². The molecule has 1 atom stereocenters. The Balaban J connectivity index is 1.95. The first kappa shape index (κ1) is 12.2. The van der Waals surface area contributed by atoms with Crippen molar-refractivity contribution in [3.63, 3.8) is 0 Å². The van der Waals surface area contributed by atoms with Gasteiger partial charge < -0.3 is 14.6 Å². The number of methoxy groups -OCH3 is 2. The second-order valence-electron chi connectivity index (χ2n) is 4.63. The highest BCUT2D eigenvalue weighted by Crippen LogP contribution is 2.35. The van der Waals surface area contributed by atoms with Crippen molar-refractivity contribution < 1.29 is 14.6 Å². The molecule has 0 radical (unpaired) electrons. The minimum Gasteiger partial charge on any atom is -0.493 e. The topological polar surface area (TPSA) is 38.7 Å². The van der Waals surface area contributed by atoms with Crippen molar-refractivity contribution in [2.24, 2.45) is 5.92 Å². The molecule has 1 saturated carbocycles. The maximum atomic E-state index is 9.82. The van der Waals surface area contributed by atoms with Gasteiger partial charge in [0, 0.05) is 0 Å². The molecule has 1 aromatic carbocycles. The first-order valence-corrected chi connectivity index (χ1v) is 6.13. The van der Waals surface area contributed by atoms with Gasteiger partial charge in [-0.05, 0) is 49.3 Å². The molecular weight excluding hydrogens is 216 g/mol. The molecule has 1 aromatic rings. The van der Waals surface area contributed by atoms with Gasteiger partial charge in [0.25, 0.3) is 0 Å². The van der Waals surface area contributed by atoms with Crippen molar-refractivity contribution in [1.82, 2.24) is 0 Å². The van der Waals surface area contributed by atoms with E-state index in [0.29, 0.717) is 5.92 Å². The summed E-state index contributed by atoms with van der Waals surface area (Å²) in [5.74, 6) is 2.06. The maximum absolute atomic E-state index is 9.82. The molecule has 0 amide bonds. The van der Waals surface area contributed by atoms with E-state index in [2.05, 4.69) is 0 Å². The summed E-state index contributed by atoms with van der Waals surface area (Å²) >= 11 is 0. The Kier molecular flexibility index (Phi) is 3.89. The van der Waals surface area contributed by atoms with Crippen LogP contribution in [0.15, 0.2) is 18.2 Å². The number of ether oxygens (including phenoxy) is 2. The molecule has 1 unspecified atom stereocenters. The molecule has 1 aliphatic rings. The molecule has 0 aromatic heterocycles. The fourth-order valence-electron chi connectivity index (χ4n) is 2.07. The number of hydrogen-bond acceptors (Lipinski definition) is 3. The lowest BCUT2D eigenvalue weighted by molar-refractivity contribution is 0.142. The van der Waals surface area contributed by atoms with E-state index in [1.165, 1.54) is 18.4 Å². The van der Waals surface area contributed by atoms with E-state index in [1.54, 1.807) is 14.2 Å². The van der Waals surface area contributed by atoms with Gasteiger partial charge in [0.2, 0.25) is 0 Å². The van der Waals surface area contributed by atoms with E-state index in [-0.39, 0.29) is 6.10 Å². The number of aliphatic hydroxyl groups is 1. The minimum atomic E-state index is -0.136. The van der Waals surface area contributed by atoms with Gasteiger partial charge in [0.1, 0.15) is 0 Å². The summed E-state index contributed by atoms with van der Waals surface area (Å²) in [6.07, 6.45) is 3.96. The molecule has 0 heterocycles. The SMILES string of the molecule is COc1ccc(CCC(O)C2CC2)cc1OC. The lowest BCUT2D eigenvalue weighted by atomic mass is 10.0. The molecule has 2 rings (SSSR count). The van der Waals surface area contributed by atoms with Crippen LogP contribution in [0.4, 0.5) is 0 Å². The standard InChI is InChI=1S/C14H20O3/c1-16-13-8-4-10(9-14(13)17-2)3-7-12(15)11-5-6-11/h4,8-9,11-12,15H,3,5-7H2,1-2H3. The van der Waals surface area contributed by atoms with Gasteiger partial charge in [0.15, 0.2) is 11.5 Å². The quantitative estimate of drug-likeness (QED) is 0.824. The summed E-state index contributed by atoms with van der Waals surface area (Å²) in [4.78, 5) is 0. The summed E-state index contributed by atoms with van der Waals surface area (Å²) in [6.45, 7) is 0. The van der Waals surface area contributed by atoms with Crippen LogP contribution in [0.3, 0.4) is 0 Å². The van der Waals surface area contributed by atoms with Gasteiger partial charge in [-0.25, -0.2) is 0 Å². The molecule has 3 heteroatoms. The third-order valence-electron chi connectivity index (χ3n) is 3.34. The van der Waals surface area contributed by atoms with Gasteiger partial charge in [-0.1, -0.05) is 6.07 Å². The molecule has 1 fully saturated rings. The summed E-state index contributed by atoms with van der Waals surface area (Å²) < 4.78 is 10.4.